The first-order valence-corrected chi connectivity index (χ1v) is 9.57. The molecule has 1 unspecified atom stereocenters. The van der Waals surface area contributed by atoms with E-state index in [0.717, 1.165) is 29.8 Å². The summed E-state index contributed by atoms with van der Waals surface area (Å²) in [4.78, 5) is 27.7. The van der Waals surface area contributed by atoms with Crippen molar-refractivity contribution in [1.82, 2.24) is 20.3 Å². The van der Waals surface area contributed by atoms with E-state index in [0.29, 0.717) is 23.9 Å². The highest BCUT2D eigenvalue weighted by atomic mass is 35.5. The maximum atomic E-state index is 12.4. The van der Waals surface area contributed by atoms with Crippen molar-refractivity contribution in [2.45, 2.75) is 18.9 Å². The van der Waals surface area contributed by atoms with Crippen LogP contribution < -0.4 is 10.2 Å². The zero-order valence-electron chi connectivity index (χ0n) is 15.3. The highest BCUT2D eigenvalue weighted by Gasteiger charge is 2.25. The van der Waals surface area contributed by atoms with Gasteiger partial charge in [-0.3, -0.25) is 9.78 Å². The number of rotatable bonds is 5. The lowest BCUT2D eigenvalue weighted by atomic mass is 10.1. The summed E-state index contributed by atoms with van der Waals surface area (Å²) >= 11 is 5.99. The van der Waals surface area contributed by atoms with Gasteiger partial charge in [0.25, 0.3) is 0 Å². The van der Waals surface area contributed by atoms with E-state index in [1.807, 2.05) is 36.4 Å². The third-order valence-corrected chi connectivity index (χ3v) is 4.93. The summed E-state index contributed by atoms with van der Waals surface area (Å²) < 4.78 is 0. The maximum absolute atomic E-state index is 12.4. The van der Waals surface area contributed by atoms with E-state index in [1.54, 1.807) is 24.7 Å². The van der Waals surface area contributed by atoms with E-state index in [1.165, 1.54) is 0 Å². The van der Waals surface area contributed by atoms with Crippen molar-refractivity contribution in [3.05, 3.63) is 71.6 Å². The topological polar surface area (TPSA) is 71.0 Å². The SMILES string of the molecule is O=C(Cc1cccc(Cl)c1)NC1CCN(c2nccc(-c3cccnc3)n2)C1. The van der Waals surface area contributed by atoms with Crippen LogP contribution in [0.15, 0.2) is 61.1 Å². The molecule has 6 nitrogen and oxygen atoms in total. The summed E-state index contributed by atoms with van der Waals surface area (Å²) in [7, 11) is 0. The second kappa shape index (κ2) is 8.35. The molecule has 1 aliphatic heterocycles. The van der Waals surface area contributed by atoms with Gasteiger partial charge in [0.2, 0.25) is 11.9 Å². The summed E-state index contributed by atoms with van der Waals surface area (Å²) in [5, 5.41) is 3.75. The van der Waals surface area contributed by atoms with Gasteiger partial charge in [-0.2, -0.15) is 0 Å². The molecule has 0 bridgehead atoms. The molecule has 1 fully saturated rings. The van der Waals surface area contributed by atoms with Crippen LogP contribution in [0.4, 0.5) is 5.95 Å². The van der Waals surface area contributed by atoms with Crippen molar-refractivity contribution >= 4 is 23.5 Å². The van der Waals surface area contributed by atoms with Crippen LogP contribution in [0.5, 0.6) is 0 Å². The molecule has 7 heteroatoms. The predicted molar refractivity (Wildman–Crippen MR) is 109 cm³/mol. The second-order valence-corrected chi connectivity index (χ2v) is 7.23. The number of carbonyl (C=O) groups excluding carboxylic acids is 1. The number of benzene rings is 1. The average Bonchev–Trinajstić information content (AvgIpc) is 3.17. The van der Waals surface area contributed by atoms with Gasteiger partial charge in [-0.15, -0.1) is 0 Å². The number of carbonyl (C=O) groups is 1. The molecular formula is C21H20ClN5O. The Morgan fingerprint density at radius 2 is 2.14 bits per heavy atom. The van der Waals surface area contributed by atoms with Gasteiger partial charge >= 0.3 is 0 Å². The second-order valence-electron chi connectivity index (χ2n) is 6.79. The number of aromatic nitrogens is 3. The van der Waals surface area contributed by atoms with Crippen LogP contribution in [0, 0.1) is 0 Å². The largest absolute Gasteiger partial charge is 0.351 e. The molecule has 0 saturated carbocycles. The number of amides is 1. The predicted octanol–water partition coefficient (Wildman–Crippen LogP) is 3.13. The summed E-state index contributed by atoms with van der Waals surface area (Å²) in [5.74, 6) is 0.673. The van der Waals surface area contributed by atoms with Gasteiger partial charge in [0.15, 0.2) is 0 Å². The van der Waals surface area contributed by atoms with E-state index >= 15 is 0 Å². The molecule has 1 amide bonds. The minimum atomic E-state index is -0.000791. The molecule has 0 spiro atoms. The zero-order chi connectivity index (χ0) is 19.3. The molecule has 1 aromatic carbocycles. The van der Waals surface area contributed by atoms with Gasteiger partial charge in [-0.25, -0.2) is 9.97 Å². The number of anilines is 1. The van der Waals surface area contributed by atoms with E-state index in [-0.39, 0.29) is 11.9 Å². The van der Waals surface area contributed by atoms with E-state index in [2.05, 4.69) is 25.2 Å². The van der Waals surface area contributed by atoms with Crippen LogP contribution in [0.1, 0.15) is 12.0 Å². The molecule has 2 aromatic heterocycles. The average molecular weight is 394 g/mol. The van der Waals surface area contributed by atoms with E-state index in [9.17, 15) is 4.79 Å². The summed E-state index contributed by atoms with van der Waals surface area (Å²) in [6.07, 6.45) is 6.47. The minimum absolute atomic E-state index is 0.000791. The van der Waals surface area contributed by atoms with Crippen molar-refractivity contribution in [1.29, 1.82) is 0 Å². The van der Waals surface area contributed by atoms with Crippen molar-refractivity contribution in [2.24, 2.45) is 0 Å². The van der Waals surface area contributed by atoms with Crippen LogP contribution in [0.25, 0.3) is 11.3 Å². The van der Waals surface area contributed by atoms with Crippen LogP contribution >= 0.6 is 11.6 Å². The highest BCUT2D eigenvalue weighted by Crippen LogP contribution is 2.21. The molecule has 1 N–H and O–H groups in total. The summed E-state index contributed by atoms with van der Waals surface area (Å²) in [5.41, 5.74) is 2.70. The van der Waals surface area contributed by atoms with Crippen LogP contribution in [0.2, 0.25) is 5.02 Å². The first-order valence-electron chi connectivity index (χ1n) is 9.19. The molecule has 3 aromatic rings. The number of pyridine rings is 1. The van der Waals surface area contributed by atoms with Crippen LogP contribution in [-0.4, -0.2) is 40.0 Å². The van der Waals surface area contributed by atoms with Gasteiger partial charge in [0.05, 0.1) is 12.1 Å². The number of nitrogens with zero attached hydrogens (tertiary/aromatic N) is 4. The first-order chi connectivity index (χ1) is 13.7. The Hall–Kier alpha value is -2.99. The van der Waals surface area contributed by atoms with Gasteiger partial charge in [-0.05, 0) is 42.3 Å². The monoisotopic (exact) mass is 393 g/mol. The van der Waals surface area contributed by atoms with Gasteiger partial charge in [0, 0.05) is 48.3 Å². The fraction of sp³-hybridized carbons (Fsp3) is 0.238. The normalized spacial score (nSPS) is 16.2. The lowest BCUT2D eigenvalue weighted by Crippen LogP contribution is -2.38. The number of halogens is 1. The van der Waals surface area contributed by atoms with Crippen molar-refractivity contribution < 1.29 is 4.79 Å². The van der Waals surface area contributed by atoms with Crippen LogP contribution in [-0.2, 0) is 11.2 Å². The fourth-order valence-corrected chi connectivity index (χ4v) is 3.56. The van der Waals surface area contributed by atoms with Crippen molar-refractivity contribution in [3.63, 3.8) is 0 Å². The molecular weight excluding hydrogens is 374 g/mol. The molecule has 1 saturated heterocycles. The molecule has 4 rings (SSSR count). The lowest BCUT2D eigenvalue weighted by molar-refractivity contribution is -0.121. The Balaban J connectivity index is 1.37. The molecule has 1 atom stereocenters. The third-order valence-electron chi connectivity index (χ3n) is 4.69. The third kappa shape index (κ3) is 4.46. The Morgan fingerprint density at radius 1 is 1.21 bits per heavy atom. The van der Waals surface area contributed by atoms with Crippen molar-refractivity contribution in [2.75, 3.05) is 18.0 Å². The Kier molecular flexibility index (Phi) is 5.48. The molecule has 142 valence electrons. The Labute approximate surface area is 168 Å². The minimum Gasteiger partial charge on any atom is -0.351 e. The Bertz CT molecular complexity index is 966. The fourth-order valence-electron chi connectivity index (χ4n) is 3.35. The first kappa shape index (κ1) is 18.4. The summed E-state index contributed by atoms with van der Waals surface area (Å²) in [6, 6.07) is 13.2. The molecule has 28 heavy (non-hydrogen) atoms. The number of nitrogens with one attached hydrogen (secondary N) is 1. The van der Waals surface area contributed by atoms with Gasteiger partial charge in [-0.1, -0.05) is 23.7 Å². The Morgan fingerprint density at radius 3 is 2.96 bits per heavy atom. The molecule has 0 aliphatic carbocycles. The molecule has 1 aliphatic rings. The van der Waals surface area contributed by atoms with Gasteiger partial charge in [0.1, 0.15) is 0 Å². The summed E-state index contributed by atoms with van der Waals surface area (Å²) in [6.45, 7) is 1.50. The van der Waals surface area contributed by atoms with Crippen molar-refractivity contribution in [3.8, 4) is 11.3 Å². The van der Waals surface area contributed by atoms with Crippen LogP contribution in [0.3, 0.4) is 0 Å². The zero-order valence-corrected chi connectivity index (χ0v) is 16.0. The quantitative estimate of drug-likeness (QED) is 0.721. The van der Waals surface area contributed by atoms with Gasteiger partial charge < -0.3 is 10.2 Å². The number of hydrogen-bond donors (Lipinski definition) is 1. The van der Waals surface area contributed by atoms with E-state index in [4.69, 9.17) is 11.6 Å². The molecule has 3 heterocycles. The maximum Gasteiger partial charge on any atom is 0.225 e. The molecule has 0 radical (unpaired) electrons. The highest BCUT2D eigenvalue weighted by molar-refractivity contribution is 6.30. The number of hydrogen-bond acceptors (Lipinski definition) is 5. The standard InChI is InChI=1S/C21H20ClN5O/c22-17-5-1-3-15(11-17)12-20(28)25-18-7-10-27(14-18)21-24-9-6-19(26-21)16-4-2-8-23-13-16/h1-6,8-9,11,13,18H,7,10,12,14H2,(H,25,28). The lowest BCUT2D eigenvalue weighted by Gasteiger charge is -2.17. The smallest absolute Gasteiger partial charge is 0.225 e. The van der Waals surface area contributed by atoms with E-state index < -0.39 is 0 Å².